The fourth-order valence-corrected chi connectivity index (χ4v) is 2.44. The van der Waals surface area contributed by atoms with E-state index in [-0.39, 0.29) is 18.0 Å². The summed E-state index contributed by atoms with van der Waals surface area (Å²) in [6.07, 6.45) is 0. The first-order chi connectivity index (χ1) is 9.71. The van der Waals surface area contributed by atoms with Crippen LogP contribution in [-0.2, 0) is 4.79 Å². The van der Waals surface area contributed by atoms with Crippen molar-refractivity contribution >= 4 is 44.9 Å². The molecule has 0 spiro atoms. The molecule has 0 aliphatic carbocycles. The van der Waals surface area contributed by atoms with Crippen LogP contribution in [0, 0.1) is 0 Å². The van der Waals surface area contributed by atoms with Gasteiger partial charge in [-0.15, -0.1) is 0 Å². The summed E-state index contributed by atoms with van der Waals surface area (Å²) < 4.78 is 0.976. The van der Waals surface area contributed by atoms with Crippen molar-refractivity contribution in [1.29, 1.82) is 0 Å². The lowest BCUT2D eigenvalue weighted by atomic mass is 10.1. The Balaban J connectivity index is 2.63. The molecule has 0 aliphatic heterocycles. The third-order valence-corrected chi connectivity index (χ3v) is 3.45. The van der Waals surface area contributed by atoms with Crippen molar-refractivity contribution < 1.29 is 4.79 Å². The highest BCUT2D eigenvalue weighted by atomic mass is 79.9. The molecule has 1 aromatic rings. The zero-order chi connectivity index (χ0) is 16.0. The van der Waals surface area contributed by atoms with Crippen molar-refractivity contribution in [3.8, 4) is 0 Å². The zero-order valence-electron chi connectivity index (χ0n) is 12.9. The van der Waals surface area contributed by atoms with E-state index in [1.54, 1.807) is 0 Å². The third kappa shape index (κ3) is 6.91. The number of hydrogen-bond donors (Lipinski definition) is 2. The number of hydrogen-bond acceptors (Lipinski definition) is 2. The highest BCUT2D eigenvalue weighted by Crippen LogP contribution is 2.16. The van der Waals surface area contributed by atoms with Gasteiger partial charge in [-0.1, -0.05) is 22.0 Å². The molecule has 0 atom stereocenters. The SMILES string of the molecule is CCN(CC(=O)NC(C)(C)C)C(=S)Nc1cccc(Br)c1. The number of nitrogens with zero attached hydrogens (tertiary/aromatic N) is 1. The smallest absolute Gasteiger partial charge is 0.240 e. The molecule has 116 valence electrons. The maximum atomic E-state index is 12.0. The van der Waals surface area contributed by atoms with E-state index >= 15 is 0 Å². The number of carbonyl (C=O) groups is 1. The van der Waals surface area contributed by atoms with Gasteiger partial charge in [-0.05, 0) is 58.1 Å². The van der Waals surface area contributed by atoms with Gasteiger partial charge in [-0.25, -0.2) is 0 Å². The van der Waals surface area contributed by atoms with Crippen molar-refractivity contribution in [2.45, 2.75) is 33.2 Å². The number of likely N-dealkylation sites (N-methyl/N-ethyl adjacent to an activating group) is 1. The minimum atomic E-state index is -0.240. The molecule has 6 heteroatoms. The Kier molecular flexibility index (Phi) is 6.61. The molecule has 4 nitrogen and oxygen atoms in total. The second kappa shape index (κ2) is 7.75. The van der Waals surface area contributed by atoms with Gasteiger partial charge >= 0.3 is 0 Å². The number of benzene rings is 1. The van der Waals surface area contributed by atoms with Crippen molar-refractivity contribution in [3.63, 3.8) is 0 Å². The molecule has 0 unspecified atom stereocenters. The number of carbonyl (C=O) groups excluding carboxylic acids is 1. The first-order valence-corrected chi connectivity index (χ1v) is 8.04. The Bertz CT molecular complexity index is 514. The van der Waals surface area contributed by atoms with Crippen LogP contribution in [-0.4, -0.2) is 34.5 Å². The number of halogens is 1. The normalized spacial score (nSPS) is 10.9. The lowest BCUT2D eigenvalue weighted by molar-refractivity contribution is -0.122. The van der Waals surface area contributed by atoms with Gasteiger partial charge < -0.3 is 15.5 Å². The average Bonchev–Trinajstić information content (AvgIpc) is 2.33. The molecule has 21 heavy (non-hydrogen) atoms. The molecule has 0 bridgehead atoms. The first-order valence-electron chi connectivity index (χ1n) is 6.84. The summed E-state index contributed by atoms with van der Waals surface area (Å²) in [4.78, 5) is 13.8. The number of anilines is 1. The van der Waals surface area contributed by atoms with Gasteiger partial charge in [0.2, 0.25) is 5.91 Å². The standard InChI is InChI=1S/C15H22BrN3OS/c1-5-19(10-13(20)18-15(2,3)4)14(21)17-12-8-6-7-11(16)9-12/h6-9H,5,10H2,1-4H3,(H,17,21)(H,18,20). The molecule has 0 fully saturated rings. The van der Waals surface area contributed by atoms with Crippen LogP contribution in [0.3, 0.4) is 0 Å². The maximum Gasteiger partial charge on any atom is 0.240 e. The van der Waals surface area contributed by atoms with Crippen LogP contribution < -0.4 is 10.6 Å². The van der Waals surface area contributed by atoms with Gasteiger partial charge in [-0.3, -0.25) is 4.79 Å². The van der Waals surface area contributed by atoms with Crippen molar-refractivity contribution in [2.24, 2.45) is 0 Å². The zero-order valence-corrected chi connectivity index (χ0v) is 15.3. The molecule has 0 aromatic heterocycles. The largest absolute Gasteiger partial charge is 0.350 e. The molecule has 1 aromatic carbocycles. The van der Waals surface area contributed by atoms with Gasteiger partial charge in [0.05, 0.1) is 6.54 Å². The average molecular weight is 372 g/mol. The van der Waals surface area contributed by atoms with E-state index in [9.17, 15) is 4.79 Å². The fourth-order valence-electron chi connectivity index (χ4n) is 1.73. The Morgan fingerprint density at radius 2 is 2.05 bits per heavy atom. The number of thiocarbonyl (C=S) groups is 1. The van der Waals surface area contributed by atoms with Crippen molar-refractivity contribution in [2.75, 3.05) is 18.4 Å². The Morgan fingerprint density at radius 3 is 2.57 bits per heavy atom. The number of nitrogens with one attached hydrogen (secondary N) is 2. The van der Waals surface area contributed by atoms with Gasteiger partial charge in [0.25, 0.3) is 0 Å². The predicted octanol–water partition coefficient (Wildman–Crippen LogP) is 3.38. The number of rotatable bonds is 4. The molecule has 0 heterocycles. The summed E-state index contributed by atoms with van der Waals surface area (Å²) >= 11 is 8.80. The molecule has 2 N–H and O–H groups in total. The molecule has 1 amide bonds. The Labute approximate surface area is 140 Å². The van der Waals surface area contributed by atoms with Gasteiger partial charge in [0, 0.05) is 22.2 Å². The summed E-state index contributed by atoms with van der Waals surface area (Å²) in [5, 5.41) is 6.63. The van der Waals surface area contributed by atoms with Gasteiger partial charge in [0.1, 0.15) is 0 Å². The van der Waals surface area contributed by atoms with Crippen molar-refractivity contribution in [3.05, 3.63) is 28.7 Å². The molecule has 0 saturated heterocycles. The Morgan fingerprint density at radius 1 is 1.38 bits per heavy atom. The van der Waals surface area contributed by atoms with Gasteiger partial charge in [0.15, 0.2) is 5.11 Å². The molecule has 0 radical (unpaired) electrons. The van der Waals surface area contributed by atoms with E-state index in [0.29, 0.717) is 11.7 Å². The summed E-state index contributed by atoms with van der Waals surface area (Å²) in [5.41, 5.74) is 0.652. The van der Waals surface area contributed by atoms with E-state index < -0.39 is 0 Å². The molecule has 1 rings (SSSR count). The van der Waals surface area contributed by atoms with Crippen LogP contribution in [0.25, 0.3) is 0 Å². The van der Waals surface area contributed by atoms with Gasteiger partial charge in [-0.2, -0.15) is 0 Å². The molecular formula is C15H22BrN3OS. The quantitative estimate of drug-likeness (QED) is 0.796. The van der Waals surface area contributed by atoms with E-state index in [4.69, 9.17) is 12.2 Å². The Hall–Kier alpha value is -1.14. The van der Waals surface area contributed by atoms with Crippen LogP contribution >= 0.6 is 28.1 Å². The van der Waals surface area contributed by atoms with Crippen LogP contribution in [0.4, 0.5) is 5.69 Å². The van der Waals surface area contributed by atoms with Crippen LogP contribution in [0.5, 0.6) is 0 Å². The maximum absolute atomic E-state index is 12.0. The molecular weight excluding hydrogens is 350 g/mol. The fraction of sp³-hybridized carbons (Fsp3) is 0.467. The monoisotopic (exact) mass is 371 g/mol. The number of amides is 1. The second-order valence-corrected chi connectivity index (χ2v) is 7.06. The topological polar surface area (TPSA) is 44.4 Å². The van der Waals surface area contributed by atoms with Crippen LogP contribution in [0.1, 0.15) is 27.7 Å². The van der Waals surface area contributed by atoms with Crippen LogP contribution in [0.15, 0.2) is 28.7 Å². The van der Waals surface area contributed by atoms with E-state index in [2.05, 4.69) is 26.6 Å². The summed E-state index contributed by atoms with van der Waals surface area (Å²) in [7, 11) is 0. The molecule has 0 saturated carbocycles. The third-order valence-electron chi connectivity index (χ3n) is 2.59. The summed E-state index contributed by atoms with van der Waals surface area (Å²) in [5.74, 6) is -0.0391. The van der Waals surface area contributed by atoms with E-state index in [1.807, 2.05) is 56.9 Å². The first kappa shape index (κ1) is 17.9. The minimum absolute atomic E-state index is 0.0391. The minimum Gasteiger partial charge on any atom is -0.350 e. The van der Waals surface area contributed by atoms with Crippen LogP contribution in [0.2, 0.25) is 0 Å². The lowest BCUT2D eigenvalue weighted by Crippen LogP contribution is -2.48. The van der Waals surface area contributed by atoms with E-state index in [1.165, 1.54) is 0 Å². The van der Waals surface area contributed by atoms with E-state index in [0.717, 1.165) is 10.2 Å². The highest BCUT2D eigenvalue weighted by Gasteiger charge is 2.17. The summed E-state index contributed by atoms with van der Waals surface area (Å²) in [6.45, 7) is 8.75. The summed E-state index contributed by atoms with van der Waals surface area (Å²) in [6, 6.07) is 7.75. The highest BCUT2D eigenvalue weighted by molar-refractivity contribution is 9.10. The van der Waals surface area contributed by atoms with Crippen molar-refractivity contribution in [1.82, 2.24) is 10.2 Å². The molecule has 0 aliphatic rings. The predicted molar refractivity (Wildman–Crippen MR) is 95.5 cm³/mol. The second-order valence-electron chi connectivity index (χ2n) is 5.75. The lowest BCUT2D eigenvalue weighted by Gasteiger charge is -2.27.